The lowest BCUT2D eigenvalue weighted by Crippen LogP contribution is -2.53. The second-order valence-corrected chi connectivity index (χ2v) is 14.3. The van der Waals surface area contributed by atoms with Crippen LogP contribution >= 0.6 is 23.2 Å². The summed E-state index contributed by atoms with van der Waals surface area (Å²) >= 11 is 12.7. The fourth-order valence-electron chi connectivity index (χ4n) is 5.76. The molecule has 1 aliphatic rings. The number of nitrogens with zero attached hydrogens (tertiary/aromatic N) is 2. The molecule has 1 fully saturated rings. The number of benzene rings is 3. The lowest BCUT2D eigenvalue weighted by Gasteiger charge is -2.34. The predicted octanol–water partition coefficient (Wildman–Crippen LogP) is 6.94. The quantitative estimate of drug-likeness (QED) is 0.216. The molecule has 3 aromatic rings. The number of nitrogens with one attached hydrogen (secondary N) is 1. The molecule has 0 aliphatic heterocycles. The minimum Gasteiger partial charge on any atom is -0.352 e. The number of rotatable bonds is 13. The molecule has 3 aromatic carbocycles. The number of para-hydroxylation sites is 1. The Labute approximate surface area is 271 Å². The highest BCUT2D eigenvalue weighted by Crippen LogP contribution is 2.26. The molecule has 0 radical (unpaired) electrons. The fourth-order valence-corrected chi connectivity index (χ4v) is 7.25. The summed E-state index contributed by atoms with van der Waals surface area (Å²) < 4.78 is 26.8. The average molecular weight is 659 g/mol. The van der Waals surface area contributed by atoms with E-state index in [-0.39, 0.29) is 43.8 Å². The molecular weight excluding hydrogens is 617 g/mol. The van der Waals surface area contributed by atoms with Crippen LogP contribution in [0.1, 0.15) is 61.6 Å². The zero-order valence-electron chi connectivity index (χ0n) is 25.3. The Morgan fingerprint density at radius 2 is 1.64 bits per heavy atom. The van der Waals surface area contributed by atoms with Crippen LogP contribution < -0.4 is 9.62 Å². The molecule has 0 unspecified atom stereocenters. The van der Waals surface area contributed by atoms with Crippen LogP contribution in [0.25, 0.3) is 0 Å². The number of sulfonamides is 1. The number of amides is 2. The second kappa shape index (κ2) is 15.8. The third-order valence-corrected chi connectivity index (χ3v) is 9.88. The van der Waals surface area contributed by atoms with Gasteiger partial charge in [-0.3, -0.25) is 13.9 Å². The van der Waals surface area contributed by atoms with E-state index in [0.29, 0.717) is 27.7 Å². The van der Waals surface area contributed by atoms with Gasteiger partial charge in [0.1, 0.15) is 6.04 Å². The highest BCUT2D eigenvalue weighted by molar-refractivity contribution is 7.92. The molecule has 0 bridgehead atoms. The third kappa shape index (κ3) is 9.46. The van der Waals surface area contributed by atoms with Gasteiger partial charge in [0.25, 0.3) is 0 Å². The molecule has 7 nitrogen and oxygen atoms in total. The van der Waals surface area contributed by atoms with Gasteiger partial charge in [-0.2, -0.15) is 0 Å². The summed E-state index contributed by atoms with van der Waals surface area (Å²) in [6.07, 6.45) is 6.94. The molecule has 0 spiro atoms. The topological polar surface area (TPSA) is 86.8 Å². The van der Waals surface area contributed by atoms with Crippen molar-refractivity contribution in [2.75, 3.05) is 17.1 Å². The van der Waals surface area contributed by atoms with Crippen molar-refractivity contribution in [3.63, 3.8) is 0 Å². The SMILES string of the molecule is Cc1ccccc1N(CCCC(=O)N(Cc1ccc(Cl)cc1Cl)[C@@H](Cc1ccccc1)C(=O)NC1CCCCC1)S(C)(=O)=O. The number of carbonyl (C=O) groups is 2. The van der Waals surface area contributed by atoms with Crippen molar-refractivity contribution >= 4 is 50.7 Å². The van der Waals surface area contributed by atoms with Gasteiger partial charge >= 0.3 is 0 Å². The molecular formula is C34H41Cl2N3O4S. The van der Waals surface area contributed by atoms with Crippen LogP contribution in [0.3, 0.4) is 0 Å². The number of halogens is 2. The minimum atomic E-state index is -3.59. The molecule has 1 N–H and O–H groups in total. The van der Waals surface area contributed by atoms with Crippen LogP contribution in [0.5, 0.6) is 0 Å². The molecule has 2 amide bonds. The minimum absolute atomic E-state index is 0.0467. The monoisotopic (exact) mass is 657 g/mol. The fraction of sp³-hybridized carbons (Fsp3) is 0.412. The predicted molar refractivity (Wildman–Crippen MR) is 179 cm³/mol. The molecule has 236 valence electrons. The summed E-state index contributed by atoms with van der Waals surface area (Å²) in [6, 6.07) is 21.3. The molecule has 4 rings (SSSR count). The van der Waals surface area contributed by atoms with Crippen molar-refractivity contribution in [3.8, 4) is 0 Å². The van der Waals surface area contributed by atoms with Gasteiger partial charge in [-0.1, -0.05) is 97.1 Å². The zero-order valence-corrected chi connectivity index (χ0v) is 27.7. The van der Waals surface area contributed by atoms with E-state index in [2.05, 4.69) is 5.32 Å². The lowest BCUT2D eigenvalue weighted by molar-refractivity contribution is -0.141. The maximum Gasteiger partial charge on any atom is 0.243 e. The summed E-state index contributed by atoms with van der Waals surface area (Å²) in [5.41, 5.74) is 3.01. The first kappa shape index (κ1) is 33.8. The van der Waals surface area contributed by atoms with E-state index in [1.54, 1.807) is 35.2 Å². The van der Waals surface area contributed by atoms with Crippen LogP contribution in [0.4, 0.5) is 5.69 Å². The average Bonchev–Trinajstić information content (AvgIpc) is 2.99. The number of carbonyl (C=O) groups excluding carboxylic acids is 2. The largest absolute Gasteiger partial charge is 0.352 e. The first-order valence-corrected chi connectivity index (χ1v) is 17.7. The molecule has 1 aliphatic carbocycles. The van der Waals surface area contributed by atoms with Crippen LogP contribution in [-0.2, 0) is 32.6 Å². The number of hydrogen-bond donors (Lipinski definition) is 1. The van der Waals surface area contributed by atoms with Crippen LogP contribution in [0.15, 0.2) is 72.8 Å². The van der Waals surface area contributed by atoms with Gasteiger partial charge in [-0.15, -0.1) is 0 Å². The summed E-state index contributed by atoms with van der Waals surface area (Å²) in [6.45, 7) is 2.09. The highest BCUT2D eigenvalue weighted by atomic mass is 35.5. The Hall–Kier alpha value is -3.07. The Bertz CT molecular complexity index is 1530. The van der Waals surface area contributed by atoms with Gasteiger partial charge in [0, 0.05) is 42.0 Å². The highest BCUT2D eigenvalue weighted by Gasteiger charge is 2.32. The normalized spacial score (nSPS) is 14.5. The van der Waals surface area contributed by atoms with Crippen molar-refractivity contribution in [2.45, 2.75) is 76.9 Å². The molecule has 0 aromatic heterocycles. The van der Waals surface area contributed by atoms with Crippen molar-refractivity contribution in [1.29, 1.82) is 0 Å². The molecule has 1 saturated carbocycles. The number of anilines is 1. The van der Waals surface area contributed by atoms with Gasteiger partial charge in [0.15, 0.2) is 0 Å². The Morgan fingerprint density at radius 1 is 0.955 bits per heavy atom. The standard InChI is InChI=1S/C34H41Cl2N3O4S/c1-25-12-9-10-17-31(25)39(44(2,42)43)21-11-18-33(40)38(24-27-19-20-28(35)23-30(27)36)32(22-26-13-5-3-6-14-26)34(41)37-29-15-7-4-8-16-29/h3,5-6,9-10,12-14,17,19-20,23,29,32H,4,7-8,11,15-16,18,21-22,24H2,1-2H3,(H,37,41)/t32-/m0/s1. The van der Waals surface area contributed by atoms with E-state index in [9.17, 15) is 18.0 Å². The third-order valence-electron chi connectivity index (χ3n) is 8.11. The van der Waals surface area contributed by atoms with Gasteiger partial charge in [0.2, 0.25) is 21.8 Å². The molecule has 0 heterocycles. The smallest absolute Gasteiger partial charge is 0.243 e. The first-order valence-electron chi connectivity index (χ1n) is 15.1. The molecule has 1 atom stereocenters. The van der Waals surface area contributed by atoms with E-state index in [1.807, 2.05) is 49.4 Å². The number of aryl methyl sites for hydroxylation is 1. The Morgan fingerprint density at radius 3 is 2.30 bits per heavy atom. The van der Waals surface area contributed by atoms with E-state index < -0.39 is 16.1 Å². The van der Waals surface area contributed by atoms with Gasteiger partial charge in [-0.25, -0.2) is 8.42 Å². The number of hydrogen-bond acceptors (Lipinski definition) is 4. The van der Waals surface area contributed by atoms with Crippen molar-refractivity contribution in [1.82, 2.24) is 10.2 Å². The maximum atomic E-state index is 14.1. The van der Waals surface area contributed by atoms with Crippen LogP contribution in [0, 0.1) is 6.92 Å². The molecule has 10 heteroatoms. The van der Waals surface area contributed by atoms with Gasteiger partial charge < -0.3 is 10.2 Å². The summed E-state index contributed by atoms with van der Waals surface area (Å²) in [5, 5.41) is 4.11. The summed E-state index contributed by atoms with van der Waals surface area (Å²) in [4.78, 5) is 29.7. The van der Waals surface area contributed by atoms with Gasteiger partial charge in [-0.05, 0) is 61.1 Å². The van der Waals surface area contributed by atoms with E-state index in [0.717, 1.165) is 43.2 Å². The maximum absolute atomic E-state index is 14.1. The molecule has 0 saturated heterocycles. The summed E-state index contributed by atoms with van der Waals surface area (Å²) in [7, 11) is -3.59. The summed E-state index contributed by atoms with van der Waals surface area (Å²) in [5.74, 6) is -0.453. The van der Waals surface area contributed by atoms with Crippen molar-refractivity contribution in [2.24, 2.45) is 0 Å². The first-order chi connectivity index (χ1) is 21.0. The second-order valence-electron chi connectivity index (χ2n) is 11.5. The van der Waals surface area contributed by atoms with Gasteiger partial charge in [0.05, 0.1) is 11.9 Å². The van der Waals surface area contributed by atoms with Crippen LogP contribution in [0.2, 0.25) is 10.0 Å². The zero-order chi connectivity index (χ0) is 31.7. The van der Waals surface area contributed by atoms with Crippen molar-refractivity contribution < 1.29 is 18.0 Å². The molecule has 44 heavy (non-hydrogen) atoms. The Kier molecular flexibility index (Phi) is 12.1. The van der Waals surface area contributed by atoms with E-state index in [1.165, 1.54) is 10.6 Å². The van der Waals surface area contributed by atoms with E-state index >= 15 is 0 Å². The van der Waals surface area contributed by atoms with Crippen molar-refractivity contribution in [3.05, 3.63) is 99.5 Å². The van der Waals surface area contributed by atoms with Crippen LogP contribution in [-0.4, -0.2) is 50.0 Å². The lowest BCUT2D eigenvalue weighted by atomic mass is 9.94. The Balaban J connectivity index is 1.62. The van der Waals surface area contributed by atoms with E-state index in [4.69, 9.17) is 23.2 Å².